The maximum atomic E-state index is 11.6. The van der Waals surface area contributed by atoms with Crippen molar-refractivity contribution in [3.63, 3.8) is 0 Å². The van der Waals surface area contributed by atoms with Gasteiger partial charge in [-0.1, -0.05) is 12.1 Å². The highest BCUT2D eigenvalue weighted by atomic mass is 127. The monoisotopic (exact) mass is 492 g/mol. The van der Waals surface area contributed by atoms with Gasteiger partial charge in [0.1, 0.15) is 5.75 Å². The first-order chi connectivity index (χ1) is 12.6. The summed E-state index contributed by atoms with van der Waals surface area (Å²) in [4.78, 5) is 17.3. The summed E-state index contributed by atoms with van der Waals surface area (Å²) in [6, 6.07) is 7.68. The number of likely N-dealkylation sites (N-methyl/N-ethyl adjacent to an activating group) is 1. The summed E-state index contributed by atoms with van der Waals surface area (Å²) in [6.45, 7) is 5.08. The number of guanidine groups is 1. The second-order valence-corrected chi connectivity index (χ2v) is 5.98. The first-order valence-electron chi connectivity index (χ1n) is 9.01. The van der Waals surface area contributed by atoms with E-state index in [0.29, 0.717) is 12.3 Å². The highest BCUT2D eigenvalue weighted by Crippen LogP contribution is 2.13. The van der Waals surface area contributed by atoms with Crippen molar-refractivity contribution in [1.82, 2.24) is 15.5 Å². The number of halogens is 1. The topological polar surface area (TPSA) is 75.2 Å². The van der Waals surface area contributed by atoms with Gasteiger partial charge in [0.05, 0.1) is 0 Å². The van der Waals surface area contributed by atoms with Crippen LogP contribution in [0.15, 0.2) is 29.3 Å². The predicted molar refractivity (Wildman–Crippen MR) is 120 cm³/mol. The molecule has 0 aromatic heterocycles. The van der Waals surface area contributed by atoms with Crippen LogP contribution in [0.25, 0.3) is 0 Å². The zero-order chi connectivity index (χ0) is 19.2. The molecule has 0 fully saturated rings. The third kappa shape index (κ3) is 11.7. The summed E-state index contributed by atoms with van der Waals surface area (Å²) in [6.07, 6.45) is 2.06. The summed E-state index contributed by atoms with van der Waals surface area (Å²) in [7, 11) is 5.17. The zero-order valence-electron chi connectivity index (χ0n) is 16.8. The lowest BCUT2D eigenvalue weighted by Crippen LogP contribution is -2.37. The number of carbonyl (C=O) groups excluding carboxylic acids is 1. The smallest absolute Gasteiger partial charge is 0.259 e. The van der Waals surface area contributed by atoms with Gasteiger partial charge in [-0.3, -0.25) is 9.79 Å². The van der Waals surface area contributed by atoms with E-state index in [-0.39, 0.29) is 36.5 Å². The number of ether oxygens (including phenoxy) is 2. The minimum Gasteiger partial charge on any atom is -0.484 e. The highest BCUT2D eigenvalue weighted by Gasteiger charge is 2.05. The number of benzene rings is 1. The van der Waals surface area contributed by atoms with Crippen LogP contribution in [0.4, 0.5) is 0 Å². The molecule has 0 bridgehead atoms. The Kier molecular flexibility index (Phi) is 14.6. The van der Waals surface area contributed by atoms with Gasteiger partial charge >= 0.3 is 0 Å². The molecular formula is C19H33IN4O3. The number of hydrogen-bond acceptors (Lipinski definition) is 4. The van der Waals surface area contributed by atoms with Crippen LogP contribution in [-0.2, 0) is 16.1 Å². The van der Waals surface area contributed by atoms with Crippen molar-refractivity contribution in [2.45, 2.75) is 26.3 Å². The largest absolute Gasteiger partial charge is 0.484 e. The van der Waals surface area contributed by atoms with E-state index < -0.39 is 0 Å². The standard InChI is InChI=1S/C19H32N4O3.HI/c1-5-25-12-7-6-11-21-19(20-2)22-14-16-9-8-10-17(13-16)26-15-18(24)23(3)4;/h8-10,13H,5-7,11-12,14-15H2,1-4H3,(H2,20,21,22);1H. The van der Waals surface area contributed by atoms with Crippen molar-refractivity contribution < 1.29 is 14.3 Å². The van der Waals surface area contributed by atoms with Gasteiger partial charge in [0.15, 0.2) is 12.6 Å². The van der Waals surface area contributed by atoms with Crippen LogP contribution in [0.1, 0.15) is 25.3 Å². The average molecular weight is 492 g/mol. The fraction of sp³-hybridized carbons (Fsp3) is 0.579. The van der Waals surface area contributed by atoms with Crippen molar-refractivity contribution in [2.24, 2.45) is 4.99 Å². The van der Waals surface area contributed by atoms with Crippen molar-refractivity contribution >= 4 is 35.8 Å². The molecule has 7 nitrogen and oxygen atoms in total. The van der Waals surface area contributed by atoms with E-state index >= 15 is 0 Å². The summed E-state index contributed by atoms with van der Waals surface area (Å²) < 4.78 is 10.9. The maximum Gasteiger partial charge on any atom is 0.259 e. The molecule has 8 heteroatoms. The van der Waals surface area contributed by atoms with Gasteiger partial charge in [-0.2, -0.15) is 0 Å². The molecule has 0 aliphatic rings. The summed E-state index contributed by atoms with van der Waals surface area (Å²) >= 11 is 0. The lowest BCUT2D eigenvalue weighted by Gasteiger charge is -2.13. The Labute approximate surface area is 179 Å². The minimum atomic E-state index is -0.0672. The van der Waals surface area contributed by atoms with Crippen LogP contribution in [0.5, 0.6) is 5.75 Å². The molecule has 1 rings (SSSR count). The van der Waals surface area contributed by atoms with Crippen LogP contribution in [0, 0.1) is 0 Å². The molecule has 0 aliphatic carbocycles. The minimum absolute atomic E-state index is 0. The van der Waals surface area contributed by atoms with Crippen molar-refractivity contribution in [1.29, 1.82) is 0 Å². The Morgan fingerprint density at radius 3 is 2.67 bits per heavy atom. The molecule has 27 heavy (non-hydrogen) atoms. The number of unbranched alkanes of at least 4 members (excludes halogenated alkanes) is 1. The van der Waals surface area contributed by atoms with E-state index in [1.54, 1.807) is 21.1 Å². The van der Waals surface area contributed by atoms with E-state index in [1.807, 2.05) is 31.2 Å². The summed E-state index contributed by atoms with van der Waals surface area (Å²) in [5.74, 6) is 1.37. The Morgan fingerprint density at radius 1 is 1.22 bits per heavy atom. The van der Waals surface area contributed by atoms with Gasteiger partial charge in [0.2, 0.25) is 0 Å². The molecular weight excluding hydrogens is 459 g/mol. The van der Waals surface area contributed by atoms with Gasteiger partial charge in [-0.15, -0.1) is 24.0 Å². The number of nitrogens with one attached hydrogen (secondary N) is 2. The fourth-order valence-electron chi connectivity index (χ4n) is 2.11. The molecule has 1 amide bonds. The summed E-state index contributed by atoms with van der Waals surface area (Å²) in [5.41, 5.74) is 1.05. The lowest BCUT2D eigenvalue weighted by molar-refractivity contribution is -0.130. The molecule has 0 saturated carbocycles. The third-order valence-corrected chi connectivity index (χ3v) is 3.66. The van der Waals surface area contributed by atoms with E-state index in [2.05, 4.69) is 15.6 Å². The molecule has 1 aromatic carbocycles. The molecule has 2 N–H and O–H groups in total. The molecule has 0 radical (unpaired) electrons. The van der Waals surface area contributed by atoms with E-state index in [4.69, 9.17) is 9.47 Å². The van der Waals surface area contributed by atoms with Gasteiger partial charge in [0.25, 0.3) is 5.91 Å². The van der Waals surface area contributed by atoms with Gasteiger partial charge in [-0.05, 0) is 37.5 Å². The van der Waals surface area contributed by atoms with Crippen LogP contribution >= 0.6 is 24.0 Å². The molecule has 0 atom stereocenters. The van der Waals surface area contributed by atoms with Crippen LogP contribution < -0.4 is 15.4 Å². The SMILES string of the molecule is CCOCCCCNC(=NC)NCc1cccc(OCC(=O)N(C)C)c1.I. The van der Waals surface area contributed by atoms with Crippen molar-refractivity contribution in [3.05, 3.63) is 29.8 Å². The van der Waals surface area contributed by atoms with Crippen LogP contribution in [0.2, 0.25) is 0 Å². The molecule has 0 heterocycles. The quantitative estimate of drug-likeness (QED) is 0.215. The average Bonchev–Trinajstić information content (AvgIpc) is 2.65. The molecule has 0 spiro atoms. The normalized spacial score (nSPS) is 10.7. The van der Waals surface area contributed by atoms with Crippen LogP contribution in [-0.4, -0.2) is 64.3 Å². The fourth-order valence-corrected chi connectivity index (χ4v) is 2.11. The number of hydrogen-bond donors (Lipinski definition) is 2. The van der Waals surface area contributed by atoms with E-state index in [9.17, 15) is 4.79 Å². The molecule has 154 valence electrons. The number of amides is 1. The van der Waals surface area contributed by atoms with Crippen LogP contribution in [0.3, 0.4) is 0 Å². The zero-order valence-corrected chi connectivity index (χ0v) is 19.1. The number of rotatable bonds is 11. The van der Waals surface area contributed by atoms with E-state index in [0.717, 1.165) is 44.1 Å². The first kappa shape index (κ1) is 25.4. The lowest BCUT2D eigenvalue weighted by atomic mass is 10.2. The predicted octanol–water partition coefficient (Wildman–Crippen LogP) is 2.25. The molecule has 0 unspecified atom stereocenters. The van der Waals surface area contributed by atoms with Gasteiger partial charge in [0, 0.05) is 47.4 Å². The maximum absolute atomic E-state index is 11.6. The highest BCUT2D eigenvalue weighted by molar-refractivity contribution is 14.0. The second-order valence-electron chi connectivity index (χ2n) is 5.98. The molecule has 0 aliphatic heterocycles. The Bertz CT molecular complexity index is 568. The third-order valence-electron chi connectivity index (χ3n) is 3.66. The van der Waals surface area contributed by atoms with E-state index in [1.165, 1.54) is 4.90 Å². The number of nitrogens with zero attached hydrogens (tertiary/aromatic N) is 2. The van der Waals surface area contributed by atoms with Crippen molar-refractivity contribution in [2.75, 3.05) is 47.5 Å². The summed E-state index contributed by atoms with van der Waals surface area (Å²) in [5, 5.41) is 6.56. The molecule has 1 aromatic rings. The Hall–Kier alpha value is -1.55. The van der Waals surface area contributed by atoms with Crippen molar-refractivity contribution in [3.8, 4) is 5.75 Å². The first-order valence-corrected chi connectivity index (χ1v) is 9.01. The Morgan fingerprint density at radius 2 is 2.00 bits per heavy atom. The molecule has 0 saturated heterocycles. The number of aliphatic imine (C=N–C) groups is 1. The van der Waals surface area contributed by atoms with Gasteiger partial charge in [-0.25, -0.2) is 0 Å². The van der Waals surface area contributed by atoms with Gasteiger partial charge < -0.3 is 25.0 Å². The second kappa shape index (κ2) is 15.5. The Balaban J connectivity index is 0.00000676. The number of carbonyl (C=O) groups is 1.